The molecule has 0 unspecified atom stereocenters. The SMILES string of the molecule is O=S(=O)(O)O.O=S(=O)(O)OS(=O)(=O)OS(=O)(=O)O.O=S(=O)(O)OS(=O)(=O)OS(=O)(=O)O. The van der Waals surface area contributed by atoms with Gasteiger partial charge in [0.2, 0.25) is 0 Å². The van der Waals surface area contributed by atoms with Gasteiger partial charge >= 0.3 is 72.8 Å². The predicted molar refractivity (Wildman–Crippen MR) is 82.6 cm³/mol. The lowest BCUT2D eigenvalue weighted by atomic mass is 15.7. The molecule has 0 saturated carbocycles. The van der Waals surface area contributed by atoms with E-state index >= 15 is 0 Å². The third-order valence-corrected chi connectivity index (χ3v) is 6.10. The summed E-state index contributed by atoms with van der Waals surface area (Å²) in [4.78, 5) is 0. The summed E-state index contributed by atoms with van der Waals surface area (Å²) in [6.07, 6.45) is 0. The largest absolute Gasteiger partial charge is 0.432 e. The third kappa shape index (κ3) is 40.2. The zero-order chi connectivity index (χ0) is 26.3. The van der Waals surface area contributed by atoms with Gasteiger partial charge in [-0.15, -0.1) is 0 Å². The van der Waals surface area contributed by atoms with Crippen molar-refractivity contribution in [3.05, 3.63) is 0 Å². The van der Waals surface area contributed by atoms with E-state index in [-0.39, 0.29) is 0 Å². The van der Waals surface area contributed by atoms with Crippen molar-refractivity contribution in [3.63, 3.8) is 0 Å². The monoisotopic (exact) mass is 614 g/mol. The van der Waals surface area contributed by atoms with Crippen LogP contribution in [0.3, 0.4) is 0 Å². The molecule has 6 N–H and O–H groups in total. The Kier molecular flexibility index (Phi) is 12.8. The summed E-state index contributed by atoms with van der Waals surface area (Å²) in [5.41, 5.74) is 0. The molecule has 0 saturated heterocycles. The summed E-state index contributed by atoms with van der Waals surface area (Å²) in [5.74, 6) is 0. The van der Waals surface area contributed by atoms with Crippen molar-refractivity contribution in [1.82, 2.24) is 0 Å². The summed E-state index contributed by atoms with van der Waals surface area (Å²) in [7, 11) is -37.6. The highest BCUT2D eigenvalue weighted by molar-refractivity contribution is 8.00. The fourth-order valence-electron chi connectivity index (χ4n) is 0.444. The molecule has 0 rings (SSSR count). The van der Waals surface area contributed by atoms with E-state index in [0.717, 1.165) is 0 Å². The Morgan fingerprint density at radius 1 is 0.323 bits per heavy atom. The van der Waals surface area contributed by atoms with Gasteiger partial charge in [-0.1, -0.05) is 14.5 Å². The van der Waals surface area contributed by atoms with E-state index in [1.807, 2.05) is 0 Å². The van der Waals surface area contributed by atoms with Gasteiger partial charge in [0.15, 0.2) is 0 Å². The molecule has 192 valence electrons. The average Bonchev–Trinajstić information content (AvgIpc) is 2.08. The van der Waals surface area contributed by atoms with Crippen LogP contribution in [0.5, 0.6) is 0 Å². The lowest BCUT2D eigenvalue weighted by molar-refractivity contribution is 0.322. The zero-order valence-corrected chi connectivity index (χ0v) is 18.6. The summed E-state index contributed by atoms with van der Waals surface area (Å²) >= 11 is 0. The summed E-state index contributed by atoms with van der Waals surface area (Å²) < 4.78 is 192. The Hall–Kier alpha value is -0.750. The van der Waals surface area contributed by atoms with Crippen LogP contribution in [0.2, 0.25) is 0 Å². The Balaban J connectivity index is -0.000000416. The van der Waals surface area contributed by atoms with Crippen LogP contribution in [0.25, 0.3) is 0 Å². The molecule has 0 aromatic carbocycles. The van der Waals surface area contributed by atoms with Gasteiger partial charge in [-0.2, -0.15) is 58.9 Å². The fraction of sp³-hybridized carbons (Fsp3) is 0. The lowest BCUT2D eigenvalue weighted by Gasteiger charge is -1.97. The van der Waals surface area contributed by atoms with E-state index in [2.05, 4.69) is 14.5 Å². The minimum Gasteiger partial charge on any atom is -0.264 e. The smallest absolute Gasteiger partial charge is 0.264 e. The van der Waals surface area contributed by atoms with E-state index in [9.17, 15) is 50.5 Å². The topological polar surface area (TPSA) is 397 Å². The average molecular weight is 614 g/mol. The van der Waals surface area contributed by atoms with Crippen molar-refractivity contribution in [2.24, 2.45) is 0 Å². The molecule has 0 aromatic heterocycles. The molecule has 0 aliphatic carbocycles. The molecule has 24 nitrogen and oxygen atoms in total. The first kappa shape index (κ1) is 34.9. The van der Waals surface area contributed by atoms with Crippen LogP contribution in [0.4, 0.5) is 0 Å². The molecule has 0 amide bonds. The van der Waals surface area contributed by atoms with E-state index in [0.29, 0.717) is 0 Å². The summed E-state index contributed by atoms with van der Waals surface area (Å²) in [5, 5.41) is 0. The first-order valence-corrected chi connectivity index (χ1v) is 14.3. The molecule has 0 bridgehead atoms. The maximum absolute atomic E-state index is 10.1. The van der Waals surface area contributed by atoms with Gasteiger partial charge in [-0.05, 0) is 0 Å². The molecule has 31 heteroatoms. The van der Waals surface area contributed by atoms with E-state index < -0.39 is 72.8 Å². The van der Waals surface area contributed by atoms with Crippen molar-refractivity contribution in [2.75, 3.05) is 0 Å². The standard InChI is InChI=1S/2H2O10S3.H2O4S/c2*1-11(2,3)9-13(7,8)10-12(4,5)6;1-5(2,3)4/h2*(H,1,2,3)(H,4,5,6);(H2,1,2,3,4). The molecular formula is H6O24S7. The number of rotatable bonds is 8. The quantitative estimate of drug-likeness (QED) is 0.139. The first-order chi connectivity index (χ1) is 12.8. The summed E-state index contributed by atoms with van der Waals surface area (Å²) in [6, 6.07) is 0. The third-order valence-electron chi connectivity index (χ3n) is 0.677. The van der Waals surface area contributed by atoms with Crippen LogP contribution >= 0.6 is 0 Å². The van der Waals surface area contributed by atoms with Crippen LogP contribution < -0.4 is 0 Å². The Morgan fingerprint density at radius 2 is 0.419 bits per heavy atom. The molecule has 0 spiro atoms. The molecule has 0 atom stereocenters. The van der Waals surface area contributed by atoms with Gasteiger partial charge in [0.25, 0.3) is 0 Å². The van der Waals surface area contributed by atoms with Gasteiger partial charge in [-0.25, -0.2) is 0 Å². The van der Waals surface area contributed by atoms with Crippen LogP contribution in [0, 0.1) is 0 Å². The summed E-state index contributed by atoms with van der Waals surface area (Å²) in [6.45, 7) is 0. The predicted octanol–water partition coefficient (Wildman–Crippen LogP) is -4.91. The molecular weight excluding hydrogens is 608 g/mol. The minimum atomic E-state index is -5.57. The van der Waals surface area contributed by atoms with Gasteiger partial charge < -0.3 is 0 Å². The van der Waals surface area contributed by atoms with E-state index in [1.165, 1.54) is 0 Å². The highest BCUT2D eigenvalue weighted by Gasteiger charge is 2.28. The highest BCUT2D eigenvalue weighted by Crippen LogP contribution is 2.04. The second kappa shape index (κ2) is 11.4. The molecule has 0 aromatic rings. The van der Waals surface area contributed by atoms with Crippen LogP contribution in [0.1, 0.15) is 0 Å². The maximum atomic E-state index is 10.1. The van der Waals surface area contributed by atoms with Crippen molar-refractivity contribution < 1.29 is 101 Å². The number of hydrogen-bond acceptors (Lipinski definition) is 18. The second-order valence-corrected chi connectivity index (χ2v) is 11.4. The Labute approximate surface area is 173 Å². The molecule has 0 radical (unpaired) electrons. The maximum Gasteiger partial charge on any atom is 0.432 e. The first-order valence-electron chi connectivity index (χ1n) is 4.76. The minimum absolute atomic E-state index is 2.74. The molecule has 31 heavy (non-hydrogen) atoms. The normalized spacial score (nSPS) is 13.9. The molecule has 0 aliphatic rings. The van der Waals surface area contributed by atoms with Crippen LogP contribution in [-0.4, -0.2) is 86.2 Å². The van der Waals surface area contributed by atoms with Crippen molar-refractivity contribution in [2.45, 2.75) is 0 Å². The fourth-order valence-corrected chi connectivity index (χ4v) is 4.40. The van der Waals surface area contributed by atoms with Crippen molar-refractivity contribution in [1.29, 1.82) is 0 Å². The highest BCUT2D eigenvalue weighted by atomic mass is 32.3. The Morgan fingerprint density at radius 3 is 0.484 bits per heavy atom. The van der Waals surface area contributed by atoms with Gasteiger partial charge in [0, 0.05) is 0 Å². The lowest BCUT2D eigenvalue weighted by Crippen LogP contribution is -2.18. The molecule has 0 fully saturated rings. The van der Waals surface area contributed by atoms with Crippen molar-refractivity contribution in [3.8, 4) is 0 Å². The van der Waals surface area contributed by atoms with Gasteiger partial charge in [0.1, 0.15) is 0 Å². The van der Waals surface area contributed by atoms with E-state index in [1.54, 1.807) is 0 Å². The second-order valence-electron chi connectivity index (χ2n) is 3.25. The van der Waals surface area contributed by atoms with Gasteiger partial charge in [-0.3, -0.25) is 27.3 Å². The van der Waals surface area contributed by atoms with Gasteiger partial charge in [0.05, 0.1) is 0 Å². The Bertz CT molecular complexity index is 1140. The van der Waals surface area contributed by atoms with Crippen LogP contribution in [0.15, 0.2) is 0 Å². The van der Waals surface area contributed by atoms with E-state index in [4.69, 9.17) is 35.7 Å². The van der Waals surface area contributed by atoms with Crippen molar-refractivity contribution >= 4 is 72.8 Å². The van der Waals surface area contributed by atoms with Crippen LogP contribution in [-0.2, 0) is 87.3 Å². The number of hydrogen-bond donors (Lipinski definition) is 6. The zero-order valence-electron chi connectivity index (χ0n) is 12.9. The molecule has 0 aliphatic heterocycles. The molecule has 0 heterocycles.